The van der Waals surface area contributed by atoms with Crippen molar-refractivity contribution in [1.29, 1.82) is 0 Å². The van der Waals surface area contributed by atoms with Crippen molar-refractivity contribution in [3.8, 4) is 0 Å². The van der Waals surface area contributed by atoms with Crippen molar-refractivity contribution < 1.29 is 0 Å². The third kappa shape index (κ3) is 5.76. The van der Waals surface area contributed by atoms with Crippen molar-refractivity contribution in [3.05, 3.63) is 0 Å². The molecule has 0 unspecified atom stereocenters. The van der Waals surface area contributed by atoms with Crippen LogP contribution in [0.5, 0.6) is 0 Å². The molecule has 0 saturated carbocycles. The molecule has 0 rings (SSSR count). The average molecular weight is 135 g/mol. The van der Waals surface area contributed by atoms with E-state index < -0.39 is 0 Å². The Labute approximate surface area is 54.7 Å². The molecule has 2 N–H and O–H groups in total. The summed E-state index contributed by atoms with van der Waals surface area (Å²) in [5.41, 5.74) is 4.95. The minimum atomic E-state index is -0.147. The van der Waals surface area contributed by atoms with Crippen LogP contribution in [-0.2, 0) is 0 Å². The zero-order valence-electron chi connectivity index (χ0n) is 5.40. The lowest BCUT2D eigenvalue weighted by Gasteiger charge is -2.10. The van der Waals surface area contributed by atoms with Crippen LogP contribution in [-0.4, -0.2) is 10.8 Å². The van der Waals surface area contributed by atoms with Crippen LogP contribution in [0.3, 0.4) is 0 Å². The van der Waals surface area contributed by atoms with Gasteiger partial charge in [-0.2, -0.15) is 0 Å². The number of halogens is 1. The fraction of sp³-hybridized carbons (Fsp3) is 0.800. The van der Waals surface area contributed by atoms with E-state index in [1.165, 1.54) is 0 Å². The average Bonchev–Trinajstić information content (AvgIpc) is 1.21. The molecule has 0 aromatic heterocycles. The van der Waals surface area contributed by atoms with Crippen molar-refractivity contribution in [1.82, 2.24) is 0 Å². The fourth-order valence-corrected chi connectivity index (χ4v) is 0.574. The Morgan fingerprint density at radius 3 is 1.88 bits per heavy atom. The van der Waals surface area contributed by atoms with E-state index in [4.69, 9.17) is 17.3 Å². The summed E-state index contributed by atoms with van der Waals surface area (Å²) in [5, 5.41) is 0.123. The molecule has 0 aliphatic carbocycles. The molecule has 0 radical (unpaired) electrons. The van der Waals surface area contributed by atoms with Gasteiger partial charge in [-0.3, -0.25) is 4.99 Å². The number of aliphatic imine (C=N–C) groups is 1. The quantitative estimate of drug-likeness (QED) is 0.303. The molecule has 0 aliphatic heterocycles. The lowest BCUT2D eigenvalue weighted by atomic mass is 10.1. The lowest BCUT2D eigenvalue weighted by Crippen LogP contribution is -2.15. The Bertz CT molecular complexity index is 97.5. The third-order valence-electron chi connectivity index (χ3n) is 0.442. The van der Waals surface area contributed by atoms with Gasteiger partial charge in [0.25, 0.3) is 0 Å². The molecule has 0 aromatic carbocycles. The van der Waals surface area contributed by atoms with Gasteiger partial charge < -0.3 is 5.73 Å². The van der Waals surface area contributed by atoms with Crippen molar-refractivity contribution in [2.45, 2.75) is 26.3 Å². The van der Waals surface area contributed by atoms with Gasteiger partial charge in [0, 0.05) is 0 Å². The summed E-state index contributed by atoms with van der Waals surface area (Å²) < 4.78 is 0. The molecule has 2 nitrogen and oxygen atoms in total. The summed E-state index contributed by atoms with van der Waals surface area (Å²) >= 11 is 5.29. The molecule has 0 heterocycles. The summed E-state index contributed by atoms with van der Waals surface area (Å²) in [4.78, 5) is 3.87. The third-order valence-corrected chi connectivity index (χ3v) is 0.527. The standard InChI is InChI=1S/C5H11ClN2/c1-5(2,3)8-4(6)7/h1-3H3,(H2,7,8). The highest BCUT2D eigenvalue weighted by Crippen LogP contribution is 2.05. The normalized spacial score (nSPS) is 14.2. The summed E-state index contributed by atoms with van der Waals surface area (Å²) in [6, 6.07) is 0. The maximum Gasteiger partial charge on any atom is 0.189 e. The second-order valence-electron chi connectivity index (χ2n) is 2.61. The van der Waals surface area contributed by atoms with E-state index in [2.05, 4.69) is 4.99 Å². The maximum absolute atomic E-state index is 5.29. The SMILES string of the molecule is CC(C)(C)N=C(N)Cl. The molecule has 0 aliphatic rings. The maximum atomic E-state index is 5.29. The van der Waals surface area contributed by atoms with E-state index in [-0.39, 0.29) is 10.8 Å². The van der Waals surface area contributed by atoms with Gasteiger partial charge in [-0.25, -0.2) is 0 Å². The highest BCUT2D eigenvalue weighted by molar-refractivity contribution is 6.64. The Morgan fingerprint density at radius 2 is 1.88 bits per heavy atom. The molecule has 8 heavy (non-hydrogen) atoms. The van der Waals surface area contributed by atoms with Crippen molar-refractivity contribution in [2.24, 2.45) is 10.7 Å². The van der Waals surface area contributed by atoms with Crippen molar-refractivity contribution in [2.75, 3.05) is 0 Å². The van der Waals surface area contributed by atoms with Crippen LogP contribution in [0.15, 0.2) is 4.99 Å². The Morgan fingerprint density at radius 1 is 1.50 bits per heavy atom. The van der Waals surface area contributed by atoms with E-state index in [9.17, 15) is 0 Å². The van der Waals surface area contributed by atoms with Crippen LogP contribution < -0.4 is 5.73 Å². The van der Waals surface area contributed by atoms with Gasteiger partial charge in [0.1, 0.15) is 0 Å². The molecule has 0 saturated heterocycles. The Kier molecular flexibility index (Phi) is 2.28. The molecule has 0 bridgehead atoms. The van der Waals surface area contributed by atoms with Crippen LogP contribution in [0.25, 0.3) is 0 Å². The number of hydrogen-bond acceptors (Lipinski definition) is 1. The first-order valence-corrected chi connectivity index (χ1v) is 2.80. The fourth-order valence-electron chi connectivity index (χ4n) is 0.320. The number of nitrogens with two attached hydrogens (primary N) is 1. The predicted octanol–water partition coefficient (Wildman–Crippen LogP) is 1.34. The second kappa shape index (κ2) is 2.35. The topological polar surface area (TPSA) is 38.4 Å². The van der Waals surface area contributed by atoms with E-state index in [1.54, 1.807) is 0 Å². The van der Waals surface area contributed by atoms with Crippen LogP contribution >= 0.6 is 11.6 Å². The van der Waals surface area contributed by atoms with Crippen LogP contribution in [0.4, 0.5) is 0 Å². The molecular formula is C5H11ClN2. The number of amidine groups is 1. The molecule has 0 fully saturated rings. The van der Waals surface area contributed by atoms with E-state index in [0.29, 0.717) is 0 Å². The minimum absolute atomic E-state index is 0.123. The first kappa shape index (κ1) is 7.76. The molecule has 3 heteroatoms. The van der Waals surface area contributed by atoms with Gasteiger partial charge in [0.2, 0.25) is 0 Å². The van der Waals surface area contributed by atoms with Crippen LogP contribution in [0.1, 0.15) is 20.8 Å². The summed E-state index contributed by atoms with van der Waals surface area (Å²) in [6.07, 6.45) is 0. The van der Waals surface area contributed by atoms with Gasteiger partial charge in [-0.15, -0.1) is 0 Å². The van der Waals surface area contributed by atoms with E-state index in [1.807, 2.05) is 20.8 Å². The molecular weight excluding hydrogens is 124 g/mol. The second-order valence-corrected chi connectivity index (χ2v) is 2.99. The van der Waals surface area contributed by atoms with Gasteiger partial charge in [-0.05, 0) is 32.4 Å². The van der Waals surface area contributed by atoms with Crippen LogP contribution in [0.2, 0.25) is 0 Å². The van der Waals surface area contributed by atoms with Gasteiger partial charge >= 0.3 is 0 Å². The largest absolute Gasteiger partial charge is 0.374 e. The predicted molar refractivity (Wildman–Crippen MR) is 37.2 cm³/mol. The molecule has 0 amide bonds. The summed E-state index contributed by atoms with van der Waals surface area (Å²) in [6.45, 7) is 5.80. The monoisotopic (exact) mass is 134 g/mol. The zero-order chi connectivity index (χ0) is 6.78. The Balaban J connectivity index is 3.89. The highest BCUT2D eigenvalue weighted by Gasteiger charge is 2.05. The van der Waals surface area contributed by atoms with Crippen molar-refractivity contribution in [3.63, 3.8) is 0 Å². The number of hydrogen-bond donors (Lipinski definition) is 1. The van der Waals surface area contributed by atoms with E-state index >= 15 is 0 Å². The van der Waals surface area contributed by atoms with Crippen molar-refractivity contribution >= 4 is 16.9 Å². The molecule has 0 spiro atoms. The molecule has 0 aromatic rings. The zero-order valence-corrected chi connectivity index (χ0v) is 6.16. The first-order chi connectivity index (χ1) is 3.42. The number of rotatable bonds is 0. The van der Waals surface area contributed by atoms with Gasteiger partial charge in [0.05, 0.1) is 5.54 Å². The van der Waals surface area contributed by atoms with Gasteiger partial charge in [0.15, 0.2) is 5.29 Å². The summed E-state index contributed by atoms with van der Waals surface area (Å²) in [7, 11) is 0. The first-order valence-electron chi connectivity index (χ1n) is 2.42. The molecule has 48 valence electrons. The smallest absolute Gasteiger partial charge is 0.189 e. The summed E-state index contributed by atoms with van der Waals surface area (Å²) in [5.74, 6) is 0. The number of nitrogens with zero attached hydrogens (tertiary/aromatic N) is 1. The molecule has 0 atom stereocenters. The van der Waals surface area contributed by atoms with E-state index in [0.717, 1.165) is 0 Å². The lowest BCUT2D eigenvalue weighted by molar-refractivity contribution is 0.585. The highest BCUT2D eigenvalue weighted by atomic mass is 35.5. The minimum Gasteiger partial charge on any atom is -0.374 e. The Hall–Kier alpha value is -0.240. The van der Waals surface area contributed by atoms with Gasteiger partial charge in [-0.1, -0.05) is 0 Å². The van der Waals surface area contributed by atoms with Crippen LogP contribution in [0, 0.1) is 0 Å².